The summed E-state index contributed by atoms with van der Waals surface area (Å²) in [5.41, 5.74) is 7.29. The summed E-state index contributed by atoms with van der Waals surface area (Å²) in [5.74, 6) is 0.373. The second-order valence-corrected chi connectivity index (χ2v) is 5.81. The zero-order valence-electron chi connectivity index (χ0n) is 10.6. The highest BCUT2D eigenvalue weighted by atomic mass is 79.9. The maximum atomic E-state index is 12.2. The van der Waals surface area contributed by atoms with Crippen LogP contribution in [-0.4, -0.2) is 13.0 Å². The maximum Gasteiger partial charge on any atom is 0.257 e. The molecule has 104 valence electrons. The first-order chi connectivity index (χ1) is 9.51. The molecule has 0 aromatic heterocycles. The van der Waals surface area contributed by atoms with Crippen LogP contribution in [0.4, 0.5) is 11.4 Å². The summed E-state index contributed by atoms with van der Waals surface area (Å²) >= 11 is 6.68. The van der Waals surface area contributed by atoms with E-state index in [-0.39, 0.29) is 5.91 Å². The van der Waals surface area contributed by atoms with E-state index >= 15 is 0 Å². The number of ether oxygens (including phenoxy) is 1. The quantitative estimate of drug-likeness (QED) is 0.765. The summed E-state index contributed by atoms with van der Waals surface area (Å²) in [6.45, 7) is 0. The third-order valence-electron chi connectivity index (χ3n) is 2.67. The number of carbonyl (C=O) groups excluding carboxylic acids is 1. The van der Waals surface area contributed by atoms with E-state index in [0.29, 0.717) is 22.7 Å². The van der Waals surface area contributed by atoms with Gasteiger partial charge in [-0.1, -0.05) is 15.9 Å². The highest BCUT2D eigenvalue weighted by Crippen LogP contribution is 2.28. The average Bonchev–Trinajstić information content (AvgIpc) is 2.43. The normalized spacial score (nSPS) is 10.2. The largest absolute Gasteiger partial charge is 0.495 e. The third-order valence-corrected chi connectivity index (χ3v) is 3.82. The van der Waals surface area contributed by atoms with Crippen molar-refractivity contribution in [1.29, 1.82) is 0 Å². The van der Waals surface area contributed by atoms with Crippen molar-refractivity contribution >= 4 is 49.1 Å². The summed E-state index contributed by atoms with van der Waals surface area (Å²) < 4.78 is 6.80. The number of hydrogen-bond acceptors (Lipinski definition) is 3. The van der Waals surface area contributed by atoms with Gasteiger partial charge in [0.25, 0.3) is 5.91 Å². The Morgan fingerprint density at radius 2 is 1.95 bits per heavy atom. The summed E-state index contributed by atoms with van der Waals surface area (Å²) in [5, 5.41) is 2.79. The standard InChI is InChI=1S/C14H12Br2N2O2/c1-20-13-7-9(3-4-11(13)16)18-14(19)10-6-8(15)2-5-12(10)17/h2-7H,17H2,1H3,(H,18,19). The molecule has 0 spiro atoms. The van der Waals surface area contributed by atoms with Gasteiger partial charge in [0.15, 0.2) is 0 Å². The van der Waals surface area contributed by atoms with Crippen LogP contribution in [0, 0.1) is 0 Å². The number of amides is 1. The molecule has 0 radical (unpaired) electrons. The minimum absolute atomic E-state index is 0.270. The van der Waals surface area contributed by atoms with Gasteiger partial charge in [-0.15, -0.1) is 0 Å². The molecule has 6 heteroatoms. The van der Waals surface area contributed by atoms with Crippen LogP contribution in [0.5, 0.6) is 5.75 Å². The van der Waals surface area contributed by atoms with E-state index < -0.39 is 0 Å². The maximum absolute atomic E-state index is 12.2. The van der Waals surface area contributed by atoms with Gasteiger partial charge in [0, 0.05) is 21.9 Å². The van der Waals surface area contributed by atoms with Crippen LogP contribution >= 0.6 is 31.9 Å². The van der Waals surface area contributed by atoms with E-state index in [1.54, 1.807) is 43.5 Å². The number of rotatable bonds is 3. The van der Waals surface area contributed by atoms with Gasteiger partial charge in [0.2, 0.25) is 0 Å². The van der Waals surface area contributed by atoms with Crippen molar-refractivity contribution in [3.63, 3.8) is 0 Å². The lowest BCUT2D eigenvalue weighted by molar-refractivity contribution is 0.102. The lowest BCUT2D eigenvalue weighted by atomic mass is 10.1. The molecule has 1 amide bonds. The molecule has 0 unspecified atom stereocenters. The molecule has 0 aliphatic rings. The molecule has 2 aromatic carbocycles. The van der Waals surface area contributed by atoms with Crippen molar-refractivity contribution < 1.29 is 9.53 Å². The van der Waals surface area contributed by atoms with Crippen molar-refractivity contribution in [2.24, 2.45) is 0 Å². The van der Waals surface area contributed by atoms with Crippen LogP contribution < -0.4 is 15.8 Å². The molecule has 2 rings (SSSR count). The molecular formula is C14H12Br2N2O2. The monoisotopic (exact) mass is 398 g/mol. The number of methoxy groups -OCH3 is 1. The fourth-order valence-corrected chi connectivity index (χ4v) is 2.43. The van der Waals surface area contributed by atoms with Gasteiger partial charge in [-0.2, -0.15) is 0 Å². The van der Waals surface area contributed by atoms with Crippen LogP contribution in [-0.2, 0) is 0 Å². The molecule has 0 bridgehead atoms. The SMILES string of the molecule is COc1cc(NC(=O)c2cc(Br)ccc2N)ccc1Br. The van der Waals surface area contributed by atoms with Crippen molar-refractivity contribution in [3.05, 3.63) is 50.9 Å². The number of nitrogens with two attached hydrogens (primary N) is 1. The van der Waals surface area contributed by atoms with Crippen LogP contribution in [0.3, 0.4) is 0 Å². The van der Waals surface area contributed by atoms with Gasteiger partial charge in [-0.25, -0.2) is 0 Å². The number of benzene rings is 2. The fourth-order valence-electron chi connectivity index (χ4n) is 1.66. The molecule has 0 fully saturated rings. The predicted octanol–water partition coefficient (Wildman–Crippen LogP) is 4.05. The van der Waals surface area contributed by atoms with E-state index in [9.17, 15) is 4.79 Å². The molecule has 0 heterocycles. The Balaban J connectivity index is 2.25. The first-order valence-electron chi connectivity index (χ1n) is 5.71. The Hall–Kier alpha value is -1.53. The summed E-state index contributed by atoms with van der Waals surface area (Å²) in [6, 6.07) is 10.5. The molecule has 20 heavy (non-hydrogen) atoms. The average molecular weight is 400 g/mol. The van der Waals surface area contributed by atoms with Crippen molar-refractivity contribution in [2.75, 3.05) is 18.2 Å². The summed E-state index contributed by atoms with van der Waals surface area (Å²) in [7, 11) is 1.57. The summed E-state index contributed by atoms with van der Waals surface area (Å²) in [6.07, 6.45) is 0. The second-order valence-electron chi connectivity index (χ2n) is 4.04. The van der Waals surface area contributed by atoms with Gasteiger partial charge < -0.3 is 15.8 Å². The molecule has 3 N–H and O–H groups in total. The fraction of sp³-hybridized carbons (Fsp3) is 0.0714. The minimum atomic E-state index is -0.270. The smallest absolute Gasteiger partial charge is 0.257 e. The van der Waals surface area contributed by atoms with Crippen LogP contribution in [0.25, 0.3) is 0 Å². The Bertz CT molecular complexity index is 660. The Kier molecular flexibility index (Phi) is 4.67. The van der Waals surface area contributed by atoms with Gasteiger partial charge in [-0.3, -0.25) is 4.79 Å². The number of nitrogens with one attached hydrogen (secondary N) is 1. The number of halogens is 2. The zero-order valence-corrected chi connectivity index (χ0v) is 13.8. The van der Waals surface area contributed by atoms with E-state index in [4.69, 9.17) is 10.5 Å². The molecule has 2 aromatic rings. The van der Waals surface area contributed by atoms with Crippen LogP contribution in [0.15, 0.2) is 45.3 Å². The number of nitrogen functional groups attached to an aromatic ring is 1. The summed E-state index contributed by atoms with van der Waals surface area (Å²) in [4.78, 5) is 12.2. The highest BCUT2D eigenvalue weighted by molar-refractivity contribution is 9.10. The molecule has 0 atom stereocenters. The van der Waals surface area contributed by atoms with E-state index in [1.807, 2.05) is 0 Å². The topological polar surface area (TPSA) is 64.3 Å². The Morgan fingerprint density at radius 3 is 2.65 bits per heavy atom. The molecule has 0 saturated heterocycles. The van der Waals surface area contributed by atoms with Crippen molar-refractivity contribution in [1.82, 2.24) is 0 Å². The molecule has 0 saturated carbocycles. The minimum Gasteiger partial charge on any atom is -0.495 e. The molecule has 0 aliphatic carbocycles. The van der Waals surface area contributed by atoms with E-state index in [2.05, 4.69) is 37.2 Å². The third kappa shape index (κ3) is 3.32. The van der Waals surface area contributed by atoms with Crippen LogP contribution in [0.1, 0.15) is 10.4 Å². The first-order valence-corrected chi connectivity index (χ1v) is 7.30. The second kappa shape index (κ2) is 6.28. The molecule has 0 aliphatic heterocycles. The number of carbonyl (C=O) groups is 1. The molecular weight excluding hydrogens is 388 g/mol. The van der Waals surface area contributed by atoms with Gasteiger partial charge >= 0.3 is 0 Å². The van der Waals surface area contributed by atoms with Crippen LogP contribution in [0.2, 0.25) is 0 Å². The highest BCUT2D eigenvalue weighted by Gasteiger charge is 2.11. The lowest BCUT2D eigenvalue weighted by Crippen LogP contribution is -2.14. The van der Waals surface area contributed by atoms with Gasteiger partial charge in [-0.05, 0) is 46.3 Å². The number of anilines is 2. The molecule has 4 nitrogen and oxygen atoms in total. The predicted molar refractivity (Wildman–Crippen MR) is 87.2 cm³/mol. The van der Waals surface area contributed by atoms with Crippen molar-refractivity contribution in [2.45, 2.75) is 0 Å². The number of hydrogen-bond donors (Lipinski definition) is 2. The Labute approximate surface area is 133 Å². The van der Waals surface area contributed by atoms with E-state index in [1.165, 1.54) is 0 Å². The van der Waals surface area contributed by atoms with Gasteiger partial charge in [0.1, 0.15) is 5.75 Å². The Morgan fingerprint density at radius 1 is 1.20 bits per heavy atom. The lowest BCUT2D eigenvalue weighted by Gasteiger charge is -2.10. The zero-order chi connectivity index (χ0) is 14.7. The first kappa shape index (κ1) is 14.9. The van der Waals surface area contributed by atoms with Gasteiger partial charge in [0.05, 0.1) is 17.1 Å². The van der Waals surface area contributed by atoms with Crippen molar-refractivity contribution in [3.8, 4) is 5.75 Å². The van der Waals surface area contributed by atoms with E-state index in [0.717, 1.165) is 8.95 Å².